The van der Waals surface area contributed by atoms with Gasteiger partial charge in [-0.25, -0.2) is 0 Å². The minimum absolute atomic E-state index is 0. The van der Waals surface area contributed by atoms with E-state index in [1.165, 1.54) is 0 Å². The van der Waals surface area contributed by atoms with Gasteiger partial charge in [0.25, 0.3) is 0 Å². The summed E-state index contributed by atoms with van der Waals surface area (Å²) in [6.45, 7) is 2.52. The molecule has 0 bridgehead atoms. The third kappa shape index (κ3) is 3.91. The van der Waals surface area contributed by atoms with Crippen LogP contribution in [0.15, 0.2) is 21.6 Å². The monoisotopic (exact) mass is 455 g/mol. The van der Waals surface area contributed by atoms with E-state index in [1.54, 1.807) is 14.2 Å². The predicted molar refractivity (Wildman–Crippen MR) is 94.4 cm³/mol. The molecule has 0 aliphatic carbocycles. The summed E-state index contributed by atoms with van der Waals surface area (Å²) in [6.07, 6.45) is 0. The van der Waals surface area contributed by atoms with Crippen molar-refractivity contribution < 1.29 is 9.47 Å². The number of nitrogens with one attached hydrogen (secondary N) is 1. The van der Waals surface area contributed by atoms with Gasteiger partial charge >= 0.3 is 0 Å². The van der Waals surface area contributed by atoms with Gasteiger partial charge in [-0.2, -0.15) is 0 Å². The van der Waals surface area contributed by atoms with Crippen LogP contribution in [-0.4, -0.2) is 45.2 Å². The van der Waals surface area contributed by atoms with Crippen molar-refractivity contribution in [3.05, 3.63) is 22.2 Å². The minimum Gasteiger partial charge on any atom is -0.493 e. The van der Waals surface area contributed by atoms with Crippen LogP contribution in [0.5, 0.6) is 11.5 Å². The van der Waals surface area contributed by atoms with Crippen molar-refractivity contribution in [3.63, 3.8) is 0 Å². The number of hydrogen-bond acceptors (Lipinski definition) is 5. The van der Waals surface area contributed by atoms with Crippen molar-refractivity contribution in [3.8, 4) is 11.5 Å². The van der Waals surface area contributed by atoms with Crippen LogP contribution in [0.3, 0.4) is 0 Å². The number of benzene rings is 1. The summed E-state index contributed by atoms with van der Waals surface area (Å²) in [5.41, 5.74) is 1.10. The standard InChI is InChI=1S/C13H18BrN3O2.HI/c1-17-5-4-15-13(17)16-8-9-6-10(14)12(19-3)11(7-9)18-2;/h6-7H,4-5,8H2,1-3H3,(H,15,16);1H. The first-order chi connectivity index (χ1) is 9.15. The Hall–Kier alpha value is -0.700. The van der Waals surface area contributed by atoms with Gasteiger partial charge in [-0.05, 0) is 33.6 Å². The number of likely N-dealkylation sites (N-methyl/N-ethyl adjacent to an activating group) is 1. The number of aliphatic imine (C=N–C) groups is 1. The molecule has 1 heterocycles. The Morgan fingerprint density at radius 1 is 1.35 bits per heavy atom. The lowest BCUT2D eigenvalue weighted by atomic mass is 10.2. The number of guanidine groups is 1. The van der Waals surface area contributed by atoms with Gasteiger partial charge in [0.15, 0.2) is 17.5 Å². The van der Waals surface area contributed by atoms with Crippen LogP contribution >= 0.6 is 39.9 Å². The lowest BCUT2D eigenvalue weighted by Gasteiger charge is -2.16. The lowest BCUT2D eigenvalue weighted by Crippen LogP contribution is -2.35. The van der Waals surface area contributed by atoms with Crippen LogP contribution in [0.1, 0.15) is 5.56 Å². The molecule has 20 heavy (non-hydrogen) atoms. The van der Waals surface area contributed by atoms with E-state index in [0.29, 0.717) is 12.3 Å². The summed E-state index contributed by atoms with van der Waals surface area (Å²) in [4.78, 5) is 6.50. The van der Waals surface area contributed by atoms with Gasteiger partial charge < -0.3 is 19.7 Å². The third-order valence-corrected chi connectivity index (χ3v) is 3.59. The summed E-state index contributed by atoms with van der Waals surface area (Å²) < 4.78 is 11.5. The summed E-state index contributed by atoms with van der Waals surface area (Å²) >= 11 is 3.49. The Bertz CT molecular complexity index is 497. The maximum Gasteiger partial charge on any atom is 0.194 e. The summed E-state index contributed by atoms with van der Waals surface area (Å²) in [5, 5.41) is 3.32. The Morgan fingerprint density at radius 3 is 2.65 bits per heavy atom. The highest BCUT2D eigenvalue weighted by molar-refractivity contribution is 14.0. The molecule has 2 rings (SSSR count). The maximum atomic E-state index is 5.33. The number of hydrogen-bond donors (Lipinski definition) is 1. The fourth-order valence-corrected chi connectivity index (χ4v) is 2.63. The van der Waals surface area contributed by atoms with E-state index in [9.17, 15) is 0 Å². The lowest BCUT2D eigenvalue weighted by molar-refractivity contribution is 0.352. The second-order valence-corrected chi connectivity index (χ2v) is 5.15. The molecule has 1 aromatic carbocycles. The average molecular weight is 456 g/mol. The minimum atomic E-state index is 0. The molecule has 0 fully saturated rings. The molecule has 0 unspecified atom stereocenters. The maximum absolute atomic E-state index is 5.33. The smallest absolute Gasteiger partial charge is 0.194 e. The molecule has 112 valence electrons. The topological polar surface area (TPSA) is 46.1 Å². The number of ether oxygens (including phenoxy) is 2. The number of rotatable bonds is 4. The molecular formula is C13H19BrIN3O2. The average Bonchev–Trinajstić information content (AvgIpc) is 2.81. The number of halogens is 2. The van der Waals surface area contributed by atoms with E-state index in [1.807, 2.05) is 19.2 Å². The fraction of sp³-hybridized carbons (Fsp3) is 0.462. The summed E-state index contributed by atoms with van der Waals surface area (Å²) in [7, 11) is 5.29. The van der Waals surface area contributed by atoms with E-state index in [2.05, 4.69) is 31.1 Å². The molecule has 1 aliphatic heterocycles. The van der Waals surface area contributed by atoms with E-state index in [0.717, 1.165) is 34.8 Å². The number of methoxy groups -OCH3 is 2. The van der Waals surface area contributed by atoms with Crippen LogP contribution in [-0.2, 0) is 6.54 Å². The molecule has 0 saturated heterocycles. The molecule has 5 nitrogen and oxygen atoms in total. The van der Waals surface area contributed by atoms with Crippen molar-refractivity contribution >= 4 is 45.9 Å². The molecule has 7 heteroatoms. The van der Waals surface area contributed by atoms with Crippen molar-refractivity contribution in [1.29, 1.82) is 0 Å². The van der Waals surface area contributed by atoms with Crippen LogP contribution in [0, 0.1) is 0 Å². The summed E-state index contributed by atoms with van der Waals surface area (Å²) in [5.74, 6) is 2.36. The van der Waals surface area contributed by atoms with Gasteiger partial charge in [0.1, 0.15) is 0 Å². The Morgan fingerprint density at radius 2 is 2.10 bits per heavy atom. The highest BCUT2D eigenvalue weighted by atomic mass is 127. The van der Waals surface area contributed by atoms with Gasteiger partial charge in [0.2, 0.25) is 0 Å². The van der Waals surface area contributed by atoms with Crippen molar-refractivity contribution in [1.82, 2.24) is 10.2 Å². The van der Waals surface area contributed by atoms with E-state index < -0.39 is 0 Å². The molecule has 1 aliphatic rings. The summed E-state index contributed by atoms with van der Waals surface area (Å²) in [6, 6.07) is 3.98. The highest BCUT2D eigenvalue weighted by Gasteiger charge is 2.13. The van der Waals surface area contributed by atoms with Crippen LogP contribution in [0.4, 0.5) is 0 Å². The van der Waals surface area contributed by atoms with Crippen LogP contribution in [0.25, 0.3) is 0 Å². The Labute approximate surface area is 144 Å². The Kier molecular flexibility index (Phi) is 6.87. The van der Waals surface area contributed by atoms with E-state index in [-0.39, 0.29) is 24.0 Å². The molecule has 1 aromatic rings. The van der Waals surface area contributed by atoms with Gasteiger partial charge in [0.05, 0.1) is 25.2 Å². The molecule has 0 spiro atoms. The van der Waals surface area contributed by atoms with Crippen molar-refractivity contribution in [2.45, 2.75) is 6.54 Å². The first kappa shape index (κ1) is 17.4. The first-order valence-electron chi connectivity index (χ1n) is 6.05. The first-order valence-corrected chi connectivity index (χ1v) is 6.85. The predicted octanol–water partition coefficient (Wildman–Crippen LogP) is 2.48. The highest BCUT2D eigenvalue weighted by Crippen LogP contribution is 2.36. The zero-order valence-electron chi connectivity index (χ0n) is 11.8. The molecule has 1 N–H and O–H groups in total. The Balaban J connectivity index is 0.00000200. The van der Waals surface area contributed by atoms with Gasteiger partial charge in [-0.1, -0.05) is 0 Å². The van der Waals surface area contributed by atoms with E-state index in [4.69, 9.17) is 9.47 Å². The second kappa shape index (κ2) is 7.92. The molecule has 0 radical (unpaired) electrons. The molecule has 0 saturated carbocycles. The van der Waals surface area contributed by atoms with Gasteiger partial charge in [-0.15, -0.1) is 24.0 Å². The van der Waals surface area contributed by atoms with Crippen LogP contribution < -0.4 is 14.8 Å². The van der Waals surface area contributed by atoms with Crippen LogP contribution in [0.2, 0.25) is 0 Å². The molecule has 0 atom stereocenters. The van der Waals surface area contributed by atoms with Gasteiger partial charge in [0, 0.05) is 20.1 Å². The fourth-order valence-electron chi connectivity index (χ4n) is 1.98. The molecular weight excluding hydrogens is 437 g/mol. The molecule has 0 aromatic heterocycles. The number of nitrogens with zero attached hydrogens (tertiary/aromatic N) is 2. The quantitative estimate of drug-likeness (QED) is 0.708. The SMILES string of the molecule is COc1cc(CNC2=NCCN2C)cc(Br)c1OC.I. The zero-order valence-corrected chi connectivity index (χ0v) is 15.7. The van der Waals surface area contributed by atoms with E-state index >= 15 is 0 Å². The normalized spacial score (nSPS) is 13.6. The second-order valence-electron chi connectivity index (χ2n) is 4.29. The largest absolute Gasteiger partial charge is 0.493 e. The van der Waals surface area contributed by atoms with Crippen molar-refractivity contribution in [2.24, 2.45) is 4.99 Å². The van der Waals surface area contributed by atoms with Gasteiger partial charge in [-0.3, -0.25) is 4.99 Å². The van der Waals surface area contributed by atoms with Crippen molar-refractivity contribution in [2.75, 3.05) is 34.4 Å². The molecule has 0 amide bonds. The zero-order chi connectivity index (χ0) is 13.8. The third-order valence-electron chi connectivity index (χ3n) is 3.00.